The summed E-state index contributed by atoms with van der Waals surface area (Å²) in [6.07, 6.45) is 4.31. The number of rotatable bonds is 7. The monoisotopic (exact) mass is 378 g/mol. The molecule has 8 heteroatoms. The van der Waals surface area contributed by atoms with Crippen LogP contribution in [0.25, 0.3) is 0 Å². The maximum atomic E-state index is 12.3. The number of carbonyl (C=O) groups excluding carboxylic acids is 2. The lowest BCUT2D eigenvalue weighted by Gasteiger charge is -2.09. The predicted molar refractivity (Wildman–Crippen MR) is 102 cm³/mol. The van der Waals surface area contributed by atoms with Crippen LogP contribution in [0.1, 0.15) is 26.3 Å². The summed E-state index contributed by atoms with van der Waals surface area (Å²) in [6.45, 7) is 0.234. The minimum Gasteiger partial charge on any atom is -0.487 e. The summed E-state index contributed by atoms with van der Waals surface area (Å²) in [5.41, 5.74) is 7.36. The van der Waals surface area contributed by atoms with Gasteiger partial charge in [0, 0.05) is 24.1 Å². The molecule has 0 fully saturated rings. The van der Waals surface area contributed by atoms with Gasteiger partial charge in [-0.15, -0.1) is 0 Å². The van der Waals surface area contributed by atoms with Crippen LogP contribution in [-0.2, 0) is 6.61 Å². The molecule has 0 radical (unpaired) electrons. The topological polar surface area (TPSA) is 116 Å². The average Bonchev–Trinajstić information content (AvgIpc) is 2.73. The number of methoxy groups -OCH3 is 1. The molecule has 0 unspecified atom stereocenters. The van der Waals surface area contributed by atoms with E-state index < -0.39 is 5.91 Å². The quantitative estimate of drug-likeness (QED) is 0.652. The number of nitrogens with two attached hydrogens (primary N) is 1. The van der Waals surface area contributed by atoms with Crippen LogP contribution in [-0.4, -0.2) is 28.9 Å². The zero-order valence-electron chi connectivity index (χ0n) is 15.1. The first-order valence-corrected chi connectivity index (χ1v) is 8.33. The molecule has 3 rings (SSSR count). The maximum Gasteiger partial charge on any atom is 0.257 e. The molecule has 0 aliphatic carbocycles. The fourth-order valence-electron chi connectivity index (χ4n) is 2.38. The van der Waals surface area contributed by atoms with E-state index in [2.05, 4.69) is 15.3 Å². The van der Waals surface area contributed by atoms with Crippen molar-refractivity contribution in [2.75, 3.05) is 12.4 Å². The fourth-order valence-corrected chi connectivity index (χ4v) is 2.38. The highest BCUT2D eigenvalue weighted by atomic mass is 16.5. The van der Waals surface area contributed by atoms with Crippen molar-refractivity contribution in [1.29, 1.82) is 0 Å². The lowest BCUT2D eigenvalue weighted by atomic mass is 10.2. The summed E-state index contributed by atoms with van der Waals surface area (Å²) in [5.74, 6) is 0.00268. The zero-order valence-corrected chi connectivity index (χ0v) is 15.1. The number of nitrogens with zero attached hydrogens (tertiary/aromatic N) is 2. The first kappa shape index (κ1) is 18.8. The molecule has 0 spiro atoms. The summed E-state index contributed by atoms with van der Waals surface area (Å²) in [6, 6.07) is 12.0. The van der Waals surface area contributed by atoms with E-state index in [0.717, 1.165) is 5.56 Å². The summed E-state index contributed by atoms with van der Waals surface area (Å²) in [7, 11) is 1.51. The molecule has 3 N–H and O–H groups in total. The van der Waals surface area contributed by atoms with Crippen LogP contribution in [0, 0.1) is 0 Å². The third-order valence-electron chi connectivity index (χ3n) is 3.80. The van der Waals surface area contributed by atoms with Gasteiger partial charge in [0.05, 0.1) is 24.4 Å². The number of pyridine rings is 2. The highest BCUT2D eigenvalue weighted by Crippen LogP contribution is 2.17. The molecule has 2 heterocycles. The highest BCUT2D eigenvalue weighted by Gasteiger charge is 2.08. The molecule has 2 aromatic heterocycles. The largest absolute Gasteiger partial charge is 0.487 e. The molecule has 0 saturated carbocycles. The summed E-state index contributed by atoms with van der Waals surface area (Å²) in [4.78, 5) is 31.5. The van der Waals surface area contributed by atoms with Crippen LogP contribution in [0.4, 0.5) is 5.69 Å². The molecule has 0 bridgehead atoms. The van der Waals surface area contributed by atoms with E-state index in [0.29, 0.717) is 22.9 Å². The van der Waals surface area contributed by atoms with Crippen LogP contribution in [0.5, 0.6) is 11.6 Å². The molecule has 2 amide bonds. The number of amides is 2. The molecule has 1 aromatic carbocycles. The van der Waals surface area contributed by atoms with Gasteiger partial charge in [0.25, 0.3) is 5.91 Å². The third kappa shape index (κ3) is 4.82. The number of carbonyl (C=O) groups is 2. The third-order valence-corrected chi connectivity index (χ3v) is 3.80. The van der Waals surface area contributed by atoms with E-state index in [1.807, 2.05) is 6.07 Å². The van der Waals surface area contributed by atoms with Gasteiger partial charge in [0.2, 0.25) is 11.8 Å². The Hall–Kier alpha value is -3.94. The molecular weight excluding hydrogens is 360 g/mol. The average molecular weight is 378 g/mol. The Morgan fingerprint density at radius 3 is 2.64 bits per heavy atom. The van der Waals surface area contributed by atoms with E-state index in [4.69, 9.17) is 15.2 Å². The minimum atomic E-state index is -0.573. The van der Waals surface area contributed by atoms with Gasteiger partial charge in [-0.2, -0.15) is 0 Å². The van der Waals surface area contributed by atoms with E-state index >= 15 is 0 Å². The fraction of sp³-hybridized carbons (Fsp3) is 0.100. The van der Waals surface area contributed by atoms with Crippen molar-refractivity contribution in [2.24, 2.45) is 5.73 Å². The van der Waals surface area contributed by atoms with Gasteiger partial charge in [-0.05, 0) is 29.8 Å². The first-order valence-electron chi connectivity index (χ1n) is 8.33. The minimum absolute atomic E-state index is 0.234. The second-order valence-electron chi connectivity index (χ2n) is 5.81. The molecule has 28 heavy (non-hydrogen) atoms. The van der Waals surface area contributed by atoms with Crippen molar-refractivity contribution in [1.82, 2.24) is 9.97 Å². The second kappa shape index (κ2) is 8.63. The Morgan fingerprint density at radius 1 is 1.07 bits per heavy atom. The van der Waals surface area contributed by atoms with Gasteiger partial charge < -0.3 is 20.5 Å². The Bertz CT molecular complexity index is 990. The number of ether oxygens (including phenoxy) is 2. The van der Waals surface area contributed by atoms with Crippen molar-refractivity contribution in [3.05, 3.63) is 77.7 Å². The van der Waals surface area contributed by atoms with Gasteiger partial charge >= 0.3 is 0 Å². The van der Waals surface area contributed by atoms with Gasteiger partial charge in [-0.3, -0.25) is 14.6 Å². The standard InChI is InChI=1S/C20H18N4O4/c1-27-18-6-5-14(10-23-18)20(26)24-16-4-2-3-13(7-16)12-28-17-8-15(19(21)25)9-22-11-17/h2-11H,12H2,1H3,(H2,21,25)(H,24,26). The Balaban J connectivity index is 1.64. The zero-order chi connectivity index (χ0) is 19.9. The molecular formula is C20H18N4O4. The number of anilines is 1. The lowest BCUT2D eigenvalue weighted by Crippen LogP contribution is -2.12. The lowest BCUT2D eigenvalue weighted by molar-refractivity contribution is 0.0996. The number of hydrogen-bond acceptors (Lipinski definition) is 6. The van der Waals surface area contributed by atoms with Gasteiger partial charge in [-0.25, -0.2) is 4.98 Å². The van der Waals surface area contributed by atoms with Gasteiger partial charge in [-0.1, -0.05) is 12.1 Å². The van der Waals surface area contributed by atoms with Crippen molar-refractivity contribution >= 4 is 17.5 Å². The molecule has 3 aromatic rings. The summed E-state index contributed by atoms with van der Waals surface area (Å²) < 4.78 is 10.6. The second-order valence-corrected chi connectivity index (χ2v) is 5.81. The molecule has 0 saturated heterocycles. The Labute approximate surface area is 161 Å². The van der Waals surface area contributed by atoms with Crippen LogP contribution < -0.4 is 20.5 Å². The van der Waals surface area contributed by atoms with E-state index in [-0.39, 0.29) is 18.1 Å². The maximum absolute atomic E-state index is 12.3. The molecule has 0 aliphatic rings. The van der Waals surface area contributed by atoms with Crippen LogP contribution >= 0.6 is 0 Å². The summed E-state index contributed by atoms with van der Waals surface area (Å²) in [5, 5.41) is 2.81. The Morgan fingerprint density at radius 2 is 1.93 bits per heavy atom. The summed E-state index contributed by atoms with van der Waals surface area (Å²) >= 11 is 0. The van der Waals surface area contributed by atoms with E-state index in [1.165, 1.54) is 31.8 Å². The van der Waals surface area contributed by atoms with Crippen LogP contribution in [0.2, 0.25) is 0 Å². The first-order chi connectivity index (χ1) is 13.5. The van der Waals surface area contributed by atoms with Crippen molar-refractivity contribution < 1.29 is 19.1 Å². The molecule has 8 nitrogen and oxygen atoms in total. The predicted octanol–water partition coefficient (Wildman–Crippen LogP) is 2.42. The SMILES string of the molecule is COc1ccc(C(=O)Nc2cccc(COc3cncc(C(N)=O)c3)c2)cn1. The Kier molecular flexibility index (Phi) is 5.81. The molecule has 0 atom stereocenters. The molecule has 0 aliphatic heterocycles. The number of hydrogen-bond donors (Lipinski definition) is 2. The van der Waals surface area contributed by atoms with E-state index in [1.54, 1.807) is 30.3 Å². The van der Waals surface area contributed by atoms with E-state index in [9.17, 15) is 9.59 Å². The molecule has 142 valence electrons. The number of primary amides is 1. The van der Waals surface area contributed by atoms with Crippen molar-refractivity contribution in [2.45, 2.75) is 6.61 Å². The number of nitrogens with one attached hydrogen (secondary N) is 1. The van der Waals surface area contributed by atoms with Crippen LogP contribution in [0.15, 0.2) is 61.1 Å². The van der Waals surface area contributed by atoms with Gasteiger partial charge in [0.1, 0.15) is 12.4 Å². The van der Waals surface area contributed by atoms with Crippen molar-refractivity contribution in [3.63, 3.8) is 0 Å². The highest BCUT2D eigenvalue weighted by molar-refractivity contribution is 6.04. The van der Waals surface area contributed by atoms with Crippen molar-refractivity contribution in [3.8, 4) is 11.6 Å². The number of aromatic nitrogens is 2. The normalized spacial score (nSPS) is 10.2. The van der Waals surface area contributed by atoms with Gasteiger partial charge in [0.15, 0.2) is 0 Å². The van der Waals surface area contributed by atoms with Crippen LogP contribution in [0.3, 0.4) is 0 Å². The smallest absolute Gasteiger partial charge is 0.257 e. The number of benzene rings is 1.